The molecule has 1 aliphatic heterocycles. The van der Waals surface area contributed by atoms with E-state index < -0.39 is 4.92 Å². The molecule has 0 unspecified atom stereocenters. The summed E-state index contributed by atoms with van der Waals surface area (Å²) in [5.74, 6) is 0.323. The summed E-state index contributed by atoms with van der Waals surface area (Å²) in [7, 11) is 0. The van der Waals surface area contributed by atoms with Crippen LogP contribution in [0, 0.1) is 10.1 Å². The Morgan fingerprint density at radius 1 is 1.50 bits per heavy atom. The van der Waals surface area contributed by atoms with Crippen LogP contribution >= 0.6 is 0 Å². The molecule has 2 rings (SSSR count). The quantitative estimate of drug-likeness (QED) is 0.388. The summed E-state index contributed by atoms with van der Waals surface area (Å²) in [5, 5.41) is 10.4. The van der Waals surface area contributed by atoms with Gasteiger partial charge in [-0.15, -0.1) is 0 Å². The van der Waals surface area contributed by atoms with E-state index in [-0.39, 0.29) is 11.4 Å². The van der Waals surface area contributed by atoms with Crippen LogP contribution in [0.4, 0.5) is 11.4 Å². The monoisotopic (exact) mass is 168 g/mol. The van der Waals surface area contributed by atoms with Gasteiger partial charge in [-0.2, -0.15) is 0 Å². The van der Waals surface area contributed by atoms with Crippen molar-refractivity contribution in [1.82, 2.24) is 0 Å². The lowest BCUT2D eigenvalue weighted by atomic mass is 10.2. The average Bonchev–Trinajstić information content (AvgIpc) is 2.49. The maximum atomic E-state index is 10.4. The maximum absolute atomic E-state index is 10.4. The minimum atomic E-state index is -0.510. The lowest BCUT2D eigenvalue weighted by molar-refractivity contribution is -0.384. The zero-order chi connectivity index (χ0) is 8.55. The number of hydrogen-bond acceptors (Lipinski definition) is 5. The van der Waals surface area contributed by atoms with Crippen molar-refractivity contribution in [3.8, 4) is 5.75 Å². The largest absolute Gasteiger partial charge is 0.312 e. The molecular weight excluding hydrogens is 164 g/mol. The Morgan fingerprint density at radius 2 is 2.33 bits per heavy atom. The van der Waals surface area contributed by atoms with Gasteiger partial charge in [0.25, 0.3) is 5.69 Å². The smallest absolute Gasteiger partial charge is 0.298 e. The molecule has 0 aromatic heterocycles. The molecule has 1 heterocycles. The van der Waals surface area contributed by atoms with Gasteiger partial charge in [0.2, 0.25) is 5.75 Å². The Bertz CT molecular complexity index is 338. The molecule has 0 bridgehead atoms. The number of hydrogen-bond donors (Lipinski definition) is 1. The molecule has 0 fully saturated rings. The van der Waals surface area contributed by atoms with E-state index in [1.165, 1.54) is 12.1 Å². The first-order valence-corrected chi connectivity index (χ1v) is 3.16. The lowest BCUT2D eigenvalue weighted by Crippen LogP contribution is -1.95. The van der Waals surface area contributed by atoms with E-state index in [2.05, 4.69) is 15.4 Å². The first-order chi connectivity index (χ1) is 5.79. The first kappa shape index (κ1) is 6.86. The van der Waals surface area contributed by atoms with Crippen molar-refractivity contribution < 1.29 is 14.8 Å². The van der Waals surface area contributed by atoms with E-state index in [0.29, 0.717) is 5.75 Å². The summed E-state index contributed by atoms with van der Waals surface area (Å²) < 4.78 is 0. The molecule has 6 heteroatoms. The van der Waals surface area contributed by atoms with Gasteiger partial charge >= 0.3 is 0 Å². The van der Waals surface area contributed by atoms with Crippen LogP contribution in [-0.4, -0.2) is 4.92 Å². The van der Waals surface area contributed by atoms with Gasteiger partial charge in [-0.1, -0.05) is 11.1 Å². The molecule has 0 saturated carbocycles. The van der Waals surface area contributed by atoms with Crippen LogP contribution in [0.15, 0.2) is 18.2 Å². The molecule has 0 amide bonds. The fourth-order valence-electron chi connectivity index (χ4n) is 0.951. The average molecular weight is 168 g/mol. The standard InChI is InChI=1S/C6H4N2O4/c9-8(10)4-2-1-3-5-6(4)7-12-11-5/h1-3,7H. The summed E-state index contributed by atoms with van der Waals surface area (Å²) >= 11 is 0. The van der Waals surface area contributed by atoms with Crippen molar-refractivity contribution in [1.29, 1.82) is 0 Å². The minimum Gasteiger partial charge on any atom is -0.312 e. The van der Waals surface area contributed by atoms with Crippen LogP contribution in [0.5, 0.6) is 5.75 Å². The molecule has 1 N–H and O–H groups in total. The number of rotatable bonds is 1. The molecule has 6 nitrogen and oxygen atoms in total. The summed E-state index contributed by atoms with van der Waals surface area (Å²) in [6.45, 7) is 0. The van der Waals surface area contributed by atoms with Crippen LogP contribution in [0.3, 0.4) is 0 Å². The van der Waals surface area contributed by atoms with Gasteiger partial charge in [0.15, 0.2) is 5.69 Å². The van der Waals surface area contributed by atoms with Gasteiger partial charge in [-0.05, 0) is 6.07 Å². The van der Waals surface area contributed by atoms with Gasteiger partial charge in [0, 0.05) is 6.07 Å². The van der Waals surface area contributed by atoms with E-state index in [1.54, 1.807) is 6.07 Å². The highest BCUT2D eigenvalue weighted by molar-refractivity contribution is 5.69. The van der Waals surface area contributed by atoms with Gasteiger partial charge in [-0.3, -0.25) is 10.1 Å². The van der Waals surface area contributed by atoms with E-state index >= 15 is 0 Å². The van der Waals surface area contributed by atoms with Crippen LogP contribution in [-0.2, 0) is 4.99 Å². The highest BCUT2D eigenvalue weighted by Gasteiger charge is 2.23. The number of para-hydroxylation sites is 1. The third-order valence-electron chi connectivity index (χ3n) is 1.48. The second-order valence-electron chi connectivity index (χ2n) is 2.18. The molecule has 62 valence electrons. The van der Waals surface area contributed by atoms with Crippen molar-refractivity contribution in [2.45, 2.75) is 0 Å². The summed E-state index contributed by atoms with van der Waals surface area (Å²) in [5.41, 5.74) is 2.47. The molecule has 0 radical (unpaired) electrons. The Morgan fingerprint density at radius 3 is 3.08 bits per heavy atom. The molecule has 1 aliphatic rings. The number of nitrogens with one attached hydrogen (secondary N) is 1. The zero-order valence-electron chi connectivity index (χ0n) is 5.81. The summed E-state index contributed by atoms with van der Waals surface area (Å²) in [6, 6.07) is 4.46. The topological polar surface area (TPSA) is 73.6 Å². The fourth-order valence-corrected chi connectivity index (χ4v) is 0.951. The van der Waals surface area contributed by atoms with E-state index in [0.717, 1.165) is 0 Å². The number of benzene rings is 1. The molecular formula is C6H4N2O4. The molecule has 0 saturated heterocycles. The molecule has 1 aromatic carbocycles. The second-order valence-corrected chi connectivity index (χ2v) is 2.18. The van der Waals surface area contributed by atoms with Crippen LogP contribution in [0.25, 0.3) is 0 Å². The molecule has 0 spiro atoms. The number of nitrogens with zero attached hydrogens (tertiary/aromatic N) is 1. The van der Waals surface area contributed by atoms with Gasteiger partial charge in [0.1, 0.15) is 0 Å². The van der Waals surface area contributed by atoms with Crippen molar-refractivity contribution in [3.63, 3.8) is 0 Å². The van der Waals surface area contributed by atoms with Crippen molar-refractivity contribution in [3.05, 3.63) is 28.3 Å². The van der Waals surface area contributed by atoms with Gasteiger partial charge in [0.05, 0.1) is 4.92 Å². The number of fused-ring (bicyclic) bond motifs is 1. The summed E-state index contributed by atoms with van der Waals surface area (Å²) in [6.07, 6.45) is 0. The van der Waals surface area contributed by atoms with Crippen molar-refractivity contribution >= 4 is 11.4 Å². The number of nitro groups is 1. The zero-order valence-corrected chi connectivity index (χ0v) is 5.81. The van der Waals surface area contributed by atoms with Gasteiger partial charge in [-0.25, -0.2) is 5.48 Å². The number of nitro benzene ring substituents is 1. The summed E-state index contributed by atoms with van der Waals surface area (Å²) in [4.78, 5) is 18.8. The van der Waals surface area contributed by atoms with Crippen LogP contribution in [0.2, 0.25) is 0 Å². The molecule has 1 aromatic rings. The molecule has 0 aliphatic carbocycles. The maximum Gasteiger partial charge on any atom is 0.298 e. The fraction of sp³-hybridized carbons (Fsp3) is 0. The predicted molar refractivity (Wildman–Crippen MR) is 38.4 cm³/mol. The van der Waals surface area contributed by atoms with Crippen molar-refractivity contribution in [2.24, 2.45) is 0 Å². The molecule has 0 atom stereocenters. The van der Waals surface area contributed by atoms with Crippen LogP contribution < -0.4 is 10.4 Å². The lowest BCUT2D eigenvalue weighted by Gasteiger charge is -1.93. The molecule has 12 heavy (non-hydrogen) atoms. The Labute approximate surface area is 66.7 Å². The third kappa shape index (κ3) is 0.857. The highest BCUT2D eigenvalue weighted by Crippen LogP contribution is 2.37. The van der Waals surface area contributed by atoms with E-state index in [4.69, 9.17) is 0 Å². The second kappa shape index (κ2) is 2.35. The Hall–Kier alpha value is -1.82. The highest BCUT2D eigenvalue weighted by atomic mass is 17.3. The Kier molecular flexibility index (Phi) is 1.34. The Balaban J connectivity index is 2.56. The van der Waals surface area contributed by atoms with E-state index in [9.17, 15) is 10.1 Å². The normalized spacial score (nSPS) is 13.0. The third-order valence-corrected chi connectivity index (χ3v) is 1.48. The number of anilines is 1. The minimum absolute atomic E-state index is 0.0648. The predicted octanol–water partition coefficient (Wildman–Crippen LogP) is 1.25. The van der Waals surface area contributed by atoms with E-state index in [1.807, 2.05) is 0 Å². The van der Waals surface area contributed by atoms with Gasteiger partial charge < -0.3 is 4.89 Å². The first-order valence-electron chi connectivity index (χ1n) is 3.16. The van der Waals surface area contributed by atoms with Crippen molar-refractivity contribution in [2.75, 3.05) is 5.48 Å². The SMILES string of the molecule is O=[N+]([O-])c1cccc2c1NOO2. The van der Waals surface area contributed by atoms with Crippen LogP contribution in [0.1, 0.15) is 0 Å².